The van der Waals surface area contributed by atoms with Gasteiger partial charge >= 0.3 is 0 Å². The molecule has 1 spiro atoms. The number of nitrogens with zero attached hydrogens (tertiary/aromatic N) is 5. The number of aromatic nitrogens is 3. The third-order valence-corrected chi connectivity index (χ3v) is 6.13. The maximum Gasteiger partial charge on any atom is 0.232 e. The van der Waals surface area contributed by atoms with Gasteiger partial charge in [0.2, 0.25) is 10.0 Å². The summed E-state index contributed by atoms with van der Waals surface area (Å²) in [6.07, 6.45) is 7.86. The quantitative estimate of drug-likeness (QED) is 0.819. The summed E-state index contributed by atoms with van der Waals surface area (Å²) in [6, 6.07) is 3.67. The van der Waals surface area contributed by atoms with Crippen LogP contribution in [0.15, 0.2) is 30.7 Å². The molecule has 1 fully saturated rings. The molecule has 128 valence electrons. The average Bonchev–Trinajstić information content (AvgIpc) is 3.20. The number of hydrogen-bond acceptors (Lipinski definition) is 5. The third kappa shape index (κ3) is 2.50. The smallest absolute Gasteiger partial charge is 0.232 e. The van der Waals surface area contributed by atoms with Crippen LogP contribution in [0.5, 0.6) is 0 Å². The molecule has 4 heterocycles. The van der Waals surface area contributed by atoms with Gasteiger partial charge in [0, 0.05) is 50.1 Å². The zero-order valence-electron chi connectivity index (χ0n) is 13.9. The molecular weight excluding hydrogens is 326 g/mol. The zero-order valence-corrected chi connectivity index (χ0v) is 14.7. The summed E-state index contributed by atoms with van der Waals surface area (Å²) < 4.78 is 27.7. The average molecular weight is 347 g/mol. The van der Waals surface area contributed by atoms with E-state index in [0.717, 1.165) is 37.4 Å². The minimum absolute atomic E-state index is 0.206. The largest absolute Gasteiger partial charge is 0.298 e. The monoisotopic (exact) mass is 347 g/mol. The lowest BCUT2D eigenvalue weighted by atomic mass is 9.85. The Bertz CT molecular complexity index is 878. The fraction of sp³-hybridized carbons (Fsp3) is 0.500. The summed E-state index contributed by atoms with van der Waals surface area (Å²) in [5.41, 5.74) is 2.63. The Morgan fingerprint density at radius 3 is 2.88 bits per heavy atom. The van der Waals surface area contributed by atoms with E-state index < -0.39 is 10.0 Å². The molecule has 0 aromatic carbocycles. The van der Waals surface area contributed by atoms with E-state index in [1.807, 2.05) is 25.5 Å². The normalized spacial score (nSPS) is 24.0. The number of pyridine rings is 1. The van der Waals surface area contributed by atoms with Gasteiger partial charge in [-0.05, 0) is 25.1 Å². The molecule has 4 rings (SSSR count). The van der Waals surface area contributed by atoms with E-state index in [9.17, 15) is 8.42 Å². The van der Waals surface area contributed by atoms with Crippen molar-refractivity contribution in [3.05, 3.63) is 42.0 Å². The van der Waals surface area contributed by atoms with Crippen molar-refractivity contribution in [1.29, 1.82) is 0 Å². The summed E-state index contributed by atoms with van der Waals surface area (Å²) in [7, 11) is -1.38. The molecule has 2 aliphatic rings. The van der Waals surface area contributed by atoms with Gasteiger partial charge in [0.1, 0.15) is 0 Å². The maximum atomic E-state index is 12.2. The zero-order chi connectivity index (χ0) is 16.9. The number of rotatable bonds is 3. The highest BCUT2D eigenvalue weighted by Crippen LogP contribution is 2.46. The molecule has 0 radical (unpaired) electrons. The van der Waals surface area contributed by atoms with Crippen LogP contribution in [0.25, 0.3) is 0 Å². The number of fused-ring (bicyclic) bond motifs is 2. The second kappa shape index (κ2) is 5.29. The standard InChI is InChI=1S/C16H21N5O2S/c1-19-9-13(8-18-19)10-20-7-5-16(11-20)12-21(24(2,22)23)14-4-3-6-17-15(14)16/h3-4,6,8-9H,5,7,10-12H2,1-2H3. The Hall–Kier alpha value is -1.93. The Morgan fingerprint density at radius 1 is 1.33 bits per heavy atom. The van der Waals surface area contributed by atoms with Crippen LogP contribution in [0.4, 0.5) is 5.69 Å². The van der Waals surface area contributed by atoms with Gasteiger partial charge in [-0.1, -0.05) is 0 Å². The Balaban J connectivity index is 1.62. The van der Waals surface area contributed by atoms with Crippen LogP contribution in [0.2, 0.25) is 0 Å². The van der Waals surface area contributed by atoms with Gasteiger partial charge in [-0.25, -0.2) is 8.42 Å². The van der Waals surface area contributed by atoms with Crippen molar-refractivity contribution in [2.75, 3.05) is 30.2 Å². The van der Waals surface area contributed by atoms with Crippen LogP contribution in [-0.2, 0) is 29.0 Å². The topological polar surface area (TPSA) is 71.3 Å². The highest BCUT2D eigenvalue weighted by atomic mass is 32.2. The molecule has 24 heavy (non-hydrogen) atoms. The summed E-state index contributed by atoms with van der Waals surface area (Å²) in [6.45, 7) is 3.07. The molecule has 1 saturated heterocycles. The number of hydrogen-bond donors (Lipinski definition) is 0. The first-order chi connectivity index (χ1) is 11.4. The molecule has 0 N–H and O–H groups in total. The first-order valence-corrected chi connectivity index (χ1v) is 9.85. The molecular formula is C16H21N5O2S. The molecule has 0 aliphatic carbocycles. The van der Waals surface area contributed by atoms with Crippen LogP contribution >= 0.6 is 0 Å². The van der Waals surface area contributed by atoms with E-state index >= 15 is 0 Å². The van der Waals surface area contributed by atoms with E-state index in [4.69, 9.17) is 0 Å². The van der Waals surface area contributed by atoms with E-state index in [1.165, 1.54) is 16.1 Å². The molecule has 0 bridgehead atoms. The van der Waals surface area contributed by atoms with Crippen LogP contribution in [-0.4, -0.2) is 54.0 Å². The van der Waals surface area contributed by atoms with Crippen LogP contribution in [0.3, 0.4) is 0 Å². The summed E-state index contributed by atoms with van der Waals surface area (Å²) >= 11 is 0. The molecule has 0 amide bonds. The maximum absolute atomic E-state index is 12.2. The van der Waals surface area contributed by atoms with Gasteiger partial charge in [-0.15, -0.1) is 0 Å². The van der Waals surface area contributed by atoms with Crippen molar-refractivity contribution in [2.24, 2.45) is 7.05 Å². The van der Waals surface area contributed by atoms with Crippen molar-refractivity contribution in [2.45, 2.75) is 18.4 Å². The lowest BCUT2D eigenvalue weighted by Crippen LogP contribution is -2.38. The number of sulfonamides is 1. The van der Waals surface area contributed by atoms with E-state index in [1.54, 1.807) is 16.9 Å². The summed E-state index contributed by atoms with van der Waals surface area (Å²) in [5, 5.41) is 4.22. The molecule has 1 unspecified atom stereocenters. The number of likely N-dealkylation sites (tertiary alicyclic amines) is 1. The van der Waals surface area contributed by atoms with Crippen molar-refractivity contribution < 1.29 is 8.42 Å². The van der Waals surface area contributed by atoms with Gasteiger partial charge in [0.25, 0.3) is 0 Å². The van der Waals surface area contributed by atoms with E-state index in [2.05, 4.69) is 15.0 Å². The SMILES string of the molecule is Cn1cc(CN2CCC3(C2)CN(S(C)(=O)=O)c2cccnc23)cn1. The minimum Gasteiger partial charge on any atom is -0.298 e. The molecule has 0 saturated carbocycles. The highest BCUT2D eigenvalue weighted by molar-refractivity contribution is 7.92. The van der Waals surface area contributed by atoms with Gasteiger partial charge in [0.15, 0.2) is 0 Å². The van der Waals surface area contributed by atoms with Gasteiger partial charge in [0.05, 0.1) is 23.8 Å². The van der Waals surface area contributed by atoms with Crippen molar-refractivity contribution in [3.63, 3.8) is 0 Å². The summed E-state index contributed by atoms with van der Waals surface area (Å²) in [4.78, 5) is 6.92. The number of anilines is 1. The lowest BCUT2D eigenvalue weighted by Gasteiger charge is -2.24. The molecule has 8 heteroatoms. The fourth-order valence-corrected chi connectivity index (χ4v) is 4.95. The fourth-order valence-electron chi connectivity index (χ4n) is 3.96. The van der Waals surface area contributed by atoms with Crippen LogP contribution in [0, 0.1) is 0 Å². The Morgan fingerprint density at radius 2 is 2.17 bits per heavy atom. The van der Waals surface area contributed by atoms with Gasteiger partial charge in [-0.2, -0.15) is 5.10 Å². The van der Waals surface area contributed by atoms with Crippen molar-refractivity contribution in [1.82, 2.24) is 19.7 Å². The predicted molar refractivity (Wildman–Crippen MR) is 91.2 cm³/mol. The first kappa shape index (κ1) is 15.6. The van der Waals surface area contributed by atoms with Gasteiger partial charge < -0.3 is 0 Å². The number of aryl methyl sites for hydroxylation is 1. The van der Waals surface area contributed by atoms with E-state index in [-0.39, 0.29) is 5.41 Å². The second-order valence-corrected chi connectivity index (χ2v) is 8.81. The van der Waals surface area contributed by atoms with E-state index in [0.29, 0.717) is 6.54 Å². The highest BCUT2D eigenvalue weighted by Gasteiger charge is 2.50. The van der Waals surface area contributed by atoms with Gasteiger partial charge in [-0.3, -0.25) is 18.9 Å². The van der Waals surface area contributed by atoms with Crippen molar-refractivity contribution in [3.8, 4) is 0 Å². The molecule has 1 atom stereocenters. The predicted octanol–water partition coefficient (Wildman–Crippen LogP) is 0.738. The second-order valence-electron chi connectivity index (χ2n) is 6.90. The minimum atomic E-state index is -3.29. The molecule has 2 aromatic rings. The Kier molecular flexibility index (Phi) is 3.43. The summed E-state index contributed by atoms with van der Waals surface area (Å²) in [5.74, 6) is 0. The molecule has 7 nitrogen and oxygen atoms in total. The Labute approximate surface area is 142 Å². The lowest BCUT2D eigenvalue weighted by molar-refractivity contribution is 0.306. The molecule has 2 aliphatic heterocycles. The first-order valence-electron chi connectivity index (χ1n) is 8.00. The third-order valence-electron chi connectivity index (χ3n) is 5.00. The molecule has 2 aromatic heterocycles. The van der Waals surface area contributed by atoms with Crippen molar-refractivity contribution >= 4 is 15.7 Å². The van der Waals surface area contributed by atoms with Crippen LogP contribution in [0.1, 0.15) is 17.7 Å². The van der Waals surface area contributed by atoms with Crippen LogP contribution < -0.4 is 4.31 Å².